The highest BCUT2D eigenvalue weighted by Gasteiger charge is 2.33. The van der Waals surface area contributed by atoms with Crippen molar-refractivity contribution in [3.63, 3.8) is 0 Å². The Balaban J connectivity index is 1.91. The van der Waals surface area contributed by atoms with E-state index in [-0.39, 0.29) is 36.3 Å². The van der Waals surface area contributed by atoms with Gasteiger partial charge in [0.2, 0.25) is 5.91 Å². The lowest BCUT2D eigenvalue weighted by molar-refractivity contribution is -0.138. The van der Waals surface area contributed by atoms with Crippen LogP contribution in [0.15, 0.2) is 24.3 Å². The molecule has 0 saturated heterocycles. The van der Waals surface area contributed by atoms with Crippen LogP contribution in [0.1, 0.15) is 31.4 Å². The van der Waals surface area contributed by atoms with Crippen molar-refractivity contribution in [1.29, 1.82) is 0 Å². The summed E-state index contributed by atoms with van der Waals surface area (Å²) in [6, 6.07) is 4.99. The molecule has 1 fully saturated rings. The Morgan fingerprint density at radius 2 is 1.95 bits per heavy atom. The van der Waals surface area contributed by atoms with Gasteiger partial charge < -0.3 is 10.4 Å². The molecule has 4 nitrogen and oxygen atoms in total. The molecule has 1 aromatic rings. The third-order valence-corrected chi connectivity index (χ3v) is 3.37. The molecule has 0 aromatic heterocycles. The Kier molecular flexibility index (Phi) is 3.95. The van der Waals surface area contributed by atoms with Crippen molar-refractivity contribution in [2.24, 2.45) is 5.92 Å². The maximum atomic E-state index is 12.8. The summed E-state index contributed by atoms with van der Waals surface area (Å²) in [4.78, 5) is 22.6. The third kappa shape index (κ3) is 3.17. The van der Waals surface area contributed by atoms with Gasteiger partial charge in [-0.05, 0) is 24.6 Å². The molecule has 2 unspecified atom stereocenters. The van der Waals surface area contributed by atoms with Crippen molar-refractivity contribution >= 4 is 11.7 Å². The molecule has 1 saturated carbocycles. The molecule has 0 aliphatic heterocycles. The maximum absolute atomic E-state index is 12.8. The van der Waals surface area contributed by atoms with Crippen LogP contribution in [0.3, 0.4) is 0 Å². The summed E-state index contributed by atoms with van der Waals surface area (Å²) in [7, 11) is 0. The molecule has 2 rings (SSSR count). The molecule has 1 aliphatic carbocycles. The Morgan fingerprint density at radius 3 is 2.47 bits per heavy atom. The number of benzene rings is 1. The van der Waals surface area contributed by atoms with Crippen LogP contribution in [0.25, 0.3) is 0 Å². The van der Waals surface area contributed by atoms with Gasteiger partial charge in [-0.15, -0.1) is 0 Å². The van der Waals surface area contributed by atoms with Gasteiger partial charge in [0, 0.05) is 12.8 Å². The molecule has 1 amide bonds. The molecular weight excluding hydrogens is 249 g/mol. The number of Topliss-reactive ketones (excluding diaryl/α,β-unsaturated/α-hetero) is 1. The second-order valence-electron chi connectivity index (χ2n) is 4.94. The predicted molar refractivity (Wildman–Crippen MR) is 66.7 cm³/mol. The highest BCUT2D eigenvalue weighted by Crippen LogP contribution is 2.24. The van der Waals surface area contributed by atoms with Gasteiger partial charge in [-0.2, -0.15) is 0 Å². The molecule has 0 bridgehead atoms. The van der Waals surface area contributed by atoms with E-state index in [2.05, 4.69) is 5.32 Å². The van der Waals surface area contributed by atoms with Crippen molar-refractivity contribution in [3.05, 3.63) is 35.6 Å². The number of aliphatic hydroxyl groups is 1. The lowest BCUT2D eigenvalue weighted by Gasteiger charge is -2.27. The first kappa shape index (κ1) is 13.7. The van der Waals surface area contributed by atoms with Crippen LogP contribution in [0.4, 0.5) is 4.39 Å². The number of hydrogen-bond acceptors (Lipinski definition) is 3. The van der Waals surface area contributed by atoms with Crippen LogP contribution in [0, 0.1) is 11.7 Å². The Labute approximate surface area is 110 Å². The molecule has 0 spiro atoms. The van der Waals surface area contributed by atoms with Gasteiger partial charge in [0.15, 0.2) is 0 Å². The Bertz CT molecular complexity index is 478. The van der Waals surface area contributed by atoms with Crippen molar-refractivity contribution in [1.82, 2.24) is 5.32 Å². The molecule has 19 heavy (non-hydrogen) atoms. The van der Waals surface area contributed by atoms with E-state index in [0.29, 0.717) is 5.56 Å². The van der Waals surface area contributed by atoms with Gasteiger partial charge in [0.05, 0.1) is 18.1 Å². The largest absolute Gasteiger partial charge is 0.386 e. The molecule has 2 N–H and O–H groups in total. The van der Waals surface area contributed by atoms with Crippen molar-refractivity contribution in [2.75, 3.05) is 0 Å². The van der Waals surface area contributed by atoms with Crippen LogP contribution < -0.4 is 5.32 Å². The maximum Gasteiger partial charge on any atom is 0.224 e. The molecule has 2 atom stereocenters. The summed E-state index contributed by atoms with van der Waals surface area (Å²) in [5.41, 5.74) is 0.541. The molecule has 0 heterocycles. The number of carbonyl (C=O) groups is 2. The van der Waals surface area contributed by atoms with Gasteiger partial charge in [-0.1, -0.05) is 12.1 Å². The van der Waals surface area contributed by atoms with Crippen molar-refractivity contribution in [3.8, 4) is 0 Å². The van der Waals surface area contributed by atoms with E-state index < -0.39 is 12.1 Å². The summed E-state index contributed by atoms with van der Waals surface area (Å²) in [5.74, 6) is -0.767. The standard InChI is InChI=1S/C14H16FNO3/c1-8(16-14(19)10-6-12(17)7-10)13(18)9-2-4-11(15)5-3-9/h2-5,8,10,13,18H,6-7H2,1H3,(H,16,19). The smallest absolute Gasteiger partial charge is 0.224 e. The molecule has 1 aromatic carbocycles. The van der Waals surface area contributed by atoms with Gasteiger partial charge in [0.25, 0.3) is 0 Å². The van der Waals surface area contributed by atoms with Gasteiger partial charge in [-0.25, -0.2) is 4.39 Å². The number of aliphatic hydroxyl groups excluding tert-OH is 1. The SMILES string of the molecule is CC(NC(=O)C1CC(=O)C1)C(O)c1ccc(F)cc1. The molecular formula is C14H16FNO3. The summed E-state index contributed by atoms with van der Waals surface area (Å²) in [5, 5.41) is 12.7. The van der Waals surface area contributed by atoms with Crippen LogP contribution in [0.5, 0.6) is 0 Å². The number of halogens is 1. The molecule has 0 radical (unpaired) electrons. The number of hydrogen-bond donors (Lipinski definition) is 2. The van der Waals surface area contributed by atoms with E-state index in [4.69, 9.17) is 0 Å². The third-order valence-electron chi connectivity index (χ3n) is 3.37. The highest BCUT2D eigenvalue weighted by atomic mass is 19.1. The van der Waals surface area contributed by atoms with Crippen LogP contribution >= 0.6 is 0 Å². The first-order valence-corrected chi connectivity index (χ1v) is 6.23. The van der Waals surface area contributed by atoms with Gasteiger partial charge in [-0.3, -0.25) is 9.59 Å². The Morgan fingerprint density at radius 1 is 1.37 bits per heavy atom. The van der Waals surface area contributed by atoms with E-state index in [1.54, 1.807) is 6.92 Å². The number of amides is 1. The minimum atomic E-state index is -0.902. The zero-order chi connectivity index (χ0) is 14.0. The van der Waals surface area contributed by atoms with E-state index >= 15 is 0 Å². The lowest BCUT2D eigenvalue weighted by atomic mass is 9.83. The van der Waals surface area contributed by atoms with E-state index in [1.807, 2.05) is 0 Å². The van der Waals surface area contributed by atoms with Gasteiger partial charge >= 0.3 is 0 Å². The zero-order valence-corrected chi connectivity index (χ0v) is 10.6. The van der Waals surface area contributed by atoms with E-state index in [1.165, 1.54) is 24.3 Å². The average Bonchev–Trinajstić information content (AvgIpc) is 2.35. The quantitative estimate of drug-likeness (QED) is 0.863. The second kappa shape index (κ2) is 5.48. The highest BCUT2D eigenvalue weighted by molar-refractivity contribution is 5.96. The van der Waals surface area contributed by atoms with Crippen LogP contribution in [-0.2, 0) is 9.59 Å². The fourth-order valence-electron chi connectivity index (χ4n) is 2.05. The second-order valence-corrected chi connectivity index (χ2v) is 4.94. The number of rotatable bonds is 4. The summed E-state index contributed by atoms with van der Waals surface area (Å²) in [6.07, 6.45) is -0.337. The molecule has 5 heteroatoms. The molecule has 102 valence electrons. The van der Waals surface area contributed by atoms with E-state index in [9.17, 15) is 19.1 Å². The first-order chi connectivity index (χ1) is 8.97. The minimum Gasteiger partial charge on any atom is -0.386 e. The average molecular weight is 265 g/mol. The van der Waals surface area contributed by atoms with Crippen molar-refractivity contribution in [2.45, 2.75) is 31.9 Å². The zero-order valence-electron chi connectivity index (χ0n) is 10.6. The van der Waals surface area contributed by atoms with Crippen molar-refractivity contribution < 1.29 is 19.1 Å². The normalized spacial score (nSPS) is 18.6. The summed E-state index contributed by atoms with van der Waals surface area (Å²) < 4.78 is 12.8. The van der Waals surface area contributed by atoms with E-state index in [0.717, 1.165) is 0 Å². The topological polar surface area (TPSA) is 66.4 Å². The fraction of sp³-hybridized carbons (Fsp3) is 0.429. The number of carbonyl (C=O) groups excluding carboxylic acids is 2. The Hall–Kier alpha value is -1.75. The number of nitrogens with one attached hydrogen (secondary N) is 1. The first-order valence-electron chi connectivity index (χ1n) is 6.23. The van der Waals surface area contributed by atoms with Crippen LogP contribution in [0.2, 0.25) is 0 Å². The summed E-state index contributed by atoms with van der Waals surface area (Å²) in [6.45, 7) is 1.67. The summed E-state index contributed by atoms with van der Waals surface area (Å²) >= 11 is 0. The minimum absolute atomic E-state index is 0.0897. The van der Waals surface area contributed by atoms with Gasteiger partial charge in [0.1, 0.15) is 11.6 Å². The predicted octanol–water partition coefficient (Wildman–Crippen LogP) is 1.34. The monoisotopic (exact) mass is 265 g/mol. The van der Waals surface area contributed by atoms with Crippen LogP contribution in [-0.4, -0.2) is 22.8 Å². The fourth-order valence-corrected chi connectivity index (χ4v) is 2.05. The lowest BCUT2D eigenvalue weighted by Crippen LogP contribution is -2.44. The number of ketones is 1. The molecule has 1 aliphatic rings.